The molecule has 142 valence electrons. The highest BCUT2D eigenvalue weighted by molar-refractivity contribution is 5.79. The first-order valence-corrected chi connectivity index (χ1v) is 9.51. The van der Waals surface area contributed by atoms with Crippen LogP contribution in [-0.4, -0.2) is 43.1 Å². The van der Waals surface area contributed by atoms with Crippen molar-refractivity contribution in [1.29, 1.82) is 0 Å². The third kappa shape index (κ3) is 3.36. The van der Waals surface area contributed by atoms with Crippen molar-refractivity contribution in [2.75, 3.05) is 31.1 Å². The number of hydrogen-bond donors (Lipinski definition) is 4. The van der Waals surface area contributed by atoms with E-state index in [0.717, 1.165) is 32.2 Å². The van der Waals surface area contributed by atoms with E-state index in [2.05, 4.69) is 25.6 Å². The fourth-order valence-electron chi connectivity index (χ4n) is 4.32. The van der Waals surface area contributed by atoms with Gasteiger partial charge in [0.15, 0.2) is 0 Å². The van der Waals surface area contributed by atoms with E-state index < -0.39 is 5.79 Å². The van der Waals surface area contributed by atoms with Crippen molar-refractivity contribution in [3.05, 3.63) is 29.6 Å². The summed E-state index contributed by atoms with van der Waals surface area (Å²) < 4.78 is 14.8. The molecule has 7 nitrogen and oxygen atoms in total. The van der Waals surface area contributed by atoms with Crippen LogP contribution < -0.4 is 27.2 Å². The maximum absolute atomic E-state index is 14.8. The third-order valence-electron chi connectivity index (χ3n) is 5.81. The summed E-state index contributed by atoms with van der Waals surface area (Å²) in [6.07, 6.45) is 6.69. The number of anilines is 1. The van der Waals surface area contributed by atoms with Crippen LogP contribution in [0.25, 0.3) is 0 Å². The van der Waals surface area contributed by atoms with Crippen molar-refractivity contribution in [3.8, 4) is 0 Å². The summed E-state index contributed by atoms with van der Waals surface area (Å²) in [6, 6.07) is 5.77. The largest absolute Gasteiger partial charge is 0.369 e. The van der Waals surface area contributed by atoms with Gasteiger partial charge in [-0.1, -0.05) is 25.3 Å². The van der Waals surface area contributed by atoms with Gasteiger partial charge < -0.3 is 10.6 Å². The Bertz CT molecular complexity index is 680. The number of piperazine rings is 1. The molecule has 3 aliphatic rings. The molecule has 0 radical (unpaired) electrons. The highest BCUT2D eigenvalue weighted by Crippen LogP contribution is 2.28. The summed E-state index contributed by atoms with van der Waals surface area (Å²) in [5, 5.41) is 0. The lowest BCUT2D eigenvalue weighted by atomic mass is 9.94. The highest BCUT2D eigenvalue weighted by atomic mass is 19.1. The van der Waals surface area contributed by atoms with Gasteiger partial charge in [-0.3, -0.25) is 16.1 Å². The van der Waals surface area contributed by atoms with E-state index in [1.54, 1.807) is 6.07 Å². The fraction of sp³-hybridized carbons (Fsp3) is 0.611. The number of hydrazine groups is 1. The predicted octanol–water partition coefficient (Wildman–Crippen LogP) is 0.772. The Hall–Kier alpha value is -1.90. The minimum Gasteiger partial charge on any atom is -0.369 e. The second-order valence-electron chi connectivity index (χ2n) is 7.49. The number of nitrogens with two attached hydrogens (primary N) is 2. The van der Waals surface area contributed by atoms with Gasteiger partial charge in [0.1, 0.15) is 5.82 Å². The fourth-order valence-corrected chi connectivity index (χ4v) is 4.32. The summed E-state index contributed by atoms with van der Waals surface area (Å²) in [5.41, 5.74) is 18.3. The van der Waals surface area contributed by atoms with Gasteiger partial charge in [0, 0.05) is 37.8 Å². The van der Waals surface area contributed by atoms with Crippen molar-refractivity contribution >= 4 is 11.6 Å². The summed E-state index contributed by atoms with van der Waals surface area (Å²) in [7, 11) is 0. The molecule has 1 aromatic rings. The molecule has 2 aliphatic heterocycles. The maximum atomic E-state index is 14.8. The smallest absolute Gasteiger partial charge is 0.209 e. The lowest BCUT2D eigenvalue weighted by Crippen LogP contribution is -2.51. The lowest BCUT2D eigenvalue weighted by Gasteiger charge is -2.41. The molecule has 26 heavy (non-hydrogen) atoms. The molecule has 4 rings (SSSR count). The van der Waals surface area contributed by atoms with Crippen LogP contribution in [0.3, 0.4) is 0 Å². The summed E-state index contributed by atoms with van der Waals surface area (Å²) in [5.74, 6) is -1.32. The van der Waals surface area contributed by atoms with Gasteiger partial charge in [0.25, 0.3) is 0 Å². The number of aliphatic imine (C=N–C) groups is 1. The van der Waals surface area contributed by atoms with E-state index in [4.69, 9.17) is 11.5 Å². The molecule has 1 aliphatic carbocycles. The molecule has 1 saturated carbocycles. The van der Waals surface area contributed by atoms with Crippen LogP contribution in [0.2, 0.25) is 0 Å². The maximum Gasteiger partial charge on any atom is 0.209 e. The zero-order valence-electron chi connectivity index (χ0n) is 15.0. The van der Waals surface area contributed by atoms with Crippen molar-refractivity contribution in [2.45, 2.75) is 43.9 Å². The number of rotatable bonds is 3. The summed E-state index contributed by atoms with van der Waals surface area (Å²) in [6.45, 7) is 3.70. The van der Waals surface area contributed by atoms with E-state index >= 15 is 0 Å². The first-order valence-electron chi connectivity index (χ1n) is 9.51. The number of nitrogens with zero attached hydrogens (tertiary/aromatic N) is 3. The number of halogens is 1. The molecule has 1 saturated heterocycles. The minimum atomic E-state index is -1.23. The third-order valence-corrected chi connectivity index (χ3v) is 5.81. The monoisotopic (exact) mass is 361 g/mol. The first kappa shape index (κ1) is 17.5. The number of hydrogen-bond acceptors (Lipinski definition) is 7. The van der Waals surface area contributed by atoms with E-state index in [0.29, 0.717) is 11.3 Å². The molecule has 0 bridgehead atoms. The normalized spacial score (nSPS) is 28.1. The molecule has 1 atom stereocenters. The van der Waals surface area contributed by atoms with E-state index in [1.165, 1.54) is 38.2 Å². The Morgan fingerprint density at radius 2 is 1.85 bits per heavy atom. The Morgan fingerprint density at radius 3 is 2.46 bits per heavy atom. The van der Waals surface area contributed by atoms with Crippen molar-refractivity contribution in [3.63, 3.8) is 0 Å². The average molecular weight is 361 g/mol. The minimum absolute atomic E-state index is 0.191. The first-order chi connectivity index (χ1) is 12.5. The highest BCUT2D eigenvalue weighted by Gasteiger charge is 2.33. The van der Waals surface area contributed by atoms with Gasteiger partial charge in [-0.25, -0.2) is 9.38 Å². The molecule has 6 N–H and O–H groups in total. The van der Waals surface area contributed by atoms with Gasteiger partial charge in [0.05, 0.1) is 5.69 Å². The second-order valence-corrected chi connectivity index (χ2v) is 7.49. The predicted molar refractivity (Wildman–Crippen MR) is 101 cm³/mol. The number of benzene rings is 1. The van der Waals surface area contributed by atoms with Gasteiger partial charge in [-0.05, 0) is 25.0 Å². The van der Waals surface area contributed by atoms with Crippen molar-refractivity contribution < 1.29 is 4.39 Å². The lowest BCUT2D eigenvalue weighted by molar-refractivity contribution is 0.147. The Morgan fingerprint density at radius 1 is 1.12 bits per heavy atom. The topological polar surface area (TPSA) is 94.9 Å². The van der Waals surface area contributed by atoms with E-state index in [1.807, 2.05) is 6.07 Å². The van der Waals surface area contributed by atoms with Crippen LogP contribution >= 0.6 is 0 Å². The van der Waals surface area contributed by atoms with E-state index in [9.17, 15) is 4.39 Å². The van der Waals surface area contributed by atoms with Crippen molar-refractivity contribution in [1.82, 2.24) is 15.8 Å². The molecule has 2 fully saturated rings. The number of nitrogens with one attached hydrogen (secondary N) is 2. The molecular weight excluding hydrogens is 333 g/mol. The summed E-state index contributed by atoms with van der Waals surface area (Å²) >= 11 is 0. The second kappa shape index (κ2) is 7.02. The Kier molecular flexibility index (Phi) is 4.73. The molecule has 0 amide bonds. The molecule has 0 spiro atoms. The van der Waals surface area contributed by atoms with Gasteiger partial charge in [-0.2, -0.15) is 5.43 Å². The zero-order chi connectivity index (χ0) is 18.1. The van der Waals surface area contributed by atoms with Crippen LogP contribution in [0.15, 0.2) is 23.2 Å². The van der Waals surface area contributed by atoms with Gasteiger partial charge >= 0.3 is 0 Å². The average Bonchev–Trinajstić information content (AvgIpc) is 3.03. The van der Waals surface area contributed by atoms with Crippen LogP contribution in [0.1, 0.15) is 37.7 Å². The zero-order valence-corrected chi connectivity index (χ0v) is 15.0. The van der Waals surface area contributed by atoms with E-state index in [-0.39, 0.29) is 11.8 Å². The Balaban J connectivity index is 1.42. The van der Waals surface area contributed by atoms with Crippen molar-refractivity contribution in [2.24, 2.45) is 16.5 Å². The number of guanidine groups is 1. The molecule has 2 heterocycles. The molecule has 0 aromatic heterocycles. The molecule has 1 aromatic carbocycles. The Labute approximate surface area is 153 Å². The SMILES string of the molecule is NC1=NC(N)(c2ccc(N3CCN(C4CCCCC4)CC3)c(F)c2)NN1. The molecule has 8 heteroatoms. The van der Waals surface area contributed by atoms with Crippen LogP contribution in [0.5, 0.6) is 0 Å². The molecular formula is C18H28FN7. The van der Waals surface area contributed by atoms with Gasteiger partial charge in [-0.15, -0.1) is 0 Å². The van der Waals surface area contributed by atoms with Crippen LogP contribution in [0.4, 0.5) is 10.1 Å². The summed E-state index contributed by atoms with van der Waals surface area (Å²) in [4.78, 5) is 8.81. The molecule has 1 unspecified atom stereocenters. The quantitative estimate of drug-likeness (QED) is 0.635. The standard InChI is InChI=1S/C18H28FN7/c19-15-12-13(18(21)22-17(20)23-24-18)6-7-16(15)26-10-8-25(9-11-26)14-4-2-1-3-5-14/h6-7,12,14,24H,1-5,8-11,21H2,(H3,20,22,23). The van der Waals surface area contributed by atoms with Gasteiger partial charge in [0.2, 0.25) is 11.7 Å². The van der Waals surface area contributed by atoms with Crippen LogP contribution in [-0.2, 0) is 5.79 Å². The van der Waals surface area contributed by atoms with Crippen LogP contribution in [0, 0.1) is 5.82 Å².